The molecule has 0 saturated carbocycles. The number of para-hydroxylation sites is 1. The van der Waals surface area contributed by atoms with Crippen LogP contribution in [0.1, 0.15) is 52.7 Å². The number of aromatic nitrogens is 1. The molecule has 2 aliphatic heterocycles. The fourth-order valence-electron chi connectivity index (χ4n) is 5.56. The molecule has 172 valence electrons. The Morgan fingerprint density at radius 3 is 2.52 bits per heavy atom. The van der Waals surface area contributed by atoms with Crippen LogP contribution in [0.4, 0.5) is 0 Å². The number of hydrogen-bond acceptors (Lipinski definition) is 3. The van der Waals surface area contributed by atoms with Crippen molar-refractivity contribution in [1.82, 2.24) is 14.4 Å². The number of carbonyl (C=O) groups excluding carboxylic acids is 2. The molecule has 2 atom stereocenters. The summed E-state index contributed by atoms with van der Waals surface area (Å²) in [5.41, 5.74) is 3.57. The van der Waals surface area contributed by atoms with Crippen LogP contribution >= 0.6 is 0 Å². The van der Waals surface area contributed by atoms with Crippen LogP contribution in [0.15, 0.2) is 54.7 Å². The number of methoxy groups -OCH3 is 1. The number of ether oxygens (including phenoxy) is 1. The average molecular weight is 446 g/mol. The minimum absolute atomic E-state index is 0.0386. The second kappa shape index (κ2) is 9.02. The Morgan fingerprint density at radius 1 is 1.00 bits per heavy atom. The average Bonchev–Trinajstić information content (AvgIpc) is 3.19. The maximum atomic E-state index is 14.1. The highest BCUT2D eigenvalue weighted by Crippen LogP contribution is 2.46. The number of likely N-dealkylation sites (tertiary alicyclic amines) is 1. The van der Waals surface area contributed by atoms with E-state index in [1.807, 2.05) is 53.2 Å². The van der Waals surface area contributed by atoms with Crippen LogP contribution < -0.4 is 0 Å². The minimum Gasteiger partial charge on any atom is -0.383 e. The number of nitrogens with zero attached hydrogens (tertiary/aromatic N) is 3. The minimum atomic E-state index is -0.445. The van der Waals surface area contributed by atoms with E-state index in [0.29, 0.717) is 18.7 Å². The summed E-state index contributed by atoms with van der Waals surface area (Å²) in [7, 11) is 3.66. The summed E-state index contributed by atoms with van der Waals surface area (Å²) in [5.74, 6) is -0.363. The molecule has 3 aromatic rings. The van der Waals surface area contributed by atoms with Gasteiger partial charge < -0.3 is 19.1 Å². The molecular formula is C27H31N3O3. The molecular weight excluding hydrogens is 414 g/mol. The van der Waals surface area contributed by atoms with Crippen LogP contribution in [-0.2, 0) is 16.6 Å². The number of hydrogen-bond donors (Lipinski definition) is 0. The zero-order chi connectivity index (χ0) is 22.9. The van der Waals surface area contributed by atoms with E-state index < -0.39 is 5.92 Å². The van der Waals surface area contributed by atoms with Gasteiger partial charge in [0.15, 0.2) is 0 Å². The highest BCUT2D eigenvalue weighted by molar-refractivity contribution is 6.02. The highest BCUT2D eigenvalue weighted by Gasteiger charge is 2.46. The van der Waals surface area contributed by atoms with Gasteiger partial charge in [0, 0.05) is 62.0 Å². The summed E-state index contributed by atoms with van der Waals surface area (Å²) in [6, 6.07) is 15.5. The van der Waals surface area contributed by atoms with Crippen LogP contribution in [0.5, 0.6) is 0 Å². The first-order chi connectivity index (χ1) is 16.1. The lowest BCUT2D eigenvalue weighted by molar-refractivity contribution is -0.135. The molecule has 33 heavy (non-hydrogen) atoms. The van der Waals surface area contributed by atoms with E-state index in [1.165, 1.54) is 0 Å². The molecule has 0 radical (unpaired) electrons. The Hall–Kier alpha value is -3.12. The Morgan fingerprint density at radius 2 is 1.73 bits per heavy atom. The third-order valence-corrected chi connectivity index (χ3v) is 7.16. The molecule has 2 aromatic carbocycles. The maximum Gasteiger partial charge on any atom is 0.254 e. The van der Waals surface area contributed by atoms with Gasteiger partial charge in [-0.3, -0.25) is 9.59 Å². The predicted octanol–water partition coefficient (Wildman–Crippen LogP) is 4.12. The van der Waals surface area contributed by atoms with Gasteiger partial charge in [0.05, 0.1) is 18.6 Å². The van der Waals surface area contributed by atoms with Gasteiger partial charge in [0.1, 0.15) is 0 Å². The smallest absolute Gasteiger partial charge is 0.254 e. The number of aryl methyl sites for hydroxylation is 1. The number of carbonyl (C=O) groups is 2. The molecule has 2 aliphatic rings. The maximum absolute atomic E-state index is 14.1. The highest BCUT2D eigenvalue weighted by atomic mass is 16.5. The standard InChI is InChI=1S/C27H31N3O3/c1-28-18-22(19-10-6-7-13-23(19)28)25-24(27(32)29-14-8-3-9-15-29)20-11-4-5-12-21(20)26(31)30(25)16-17-33-2/h4-7,10-13,18,24-25H,3,8-9,14-17H2,1-2H3. The second-order valence-electron chi connectivity index (χ2n) is 9.10. The van der Waals surface area contributed by atoms with E-state index in [4.69, 9.17) is 4.74 Å². The van der Waals surface area contributed by atoms with E-state index in [2.05, 4.69) is 22.9 Å². The number of piperidine rings is 1. The largest absolute Gasteiger partial charge is 0.383 e. The van der Waals surface area contributed by atoms with E-state index >= 15 is 0 Å². The molecule has 0 spiro atoms. The Bertz CT molecular complexity index is 1180. The van der Waals surface area contributed by atoms with Crippen LogP contribution in [0.3, 0.4) is 0 Å². The molecule has 0 N–H and O–H groups in total. The summed E-state index contributed by atoms with van der Waals surface area (Å²) in [5, 5.41) is 1.08. The Kier molecular flexibility index (Phi) is 5.94. The molecule has 2 amide bonds. The molecule has 6 nitrogen and oxygen atoms in total. The van der Waals surface area contributed by atoms with Crippen LogP contribution in [-0.4, -0.2) is 59.5 Å². The van der Waals surface area contributed by atoms with E-state index in [9.17, 15) is 9.59 Å². The first-order valence-corrected chi connectivity index (χ1v) is 11.8. The third kappa shape index (κ3) is 3.72. The van der Waals surface area contributed by atoms with Crippen molar-refractivity contribution in [3.63, 3.8) is 0 Å². The monoisotopic (exact) mass is 445 g/mol. The molecule has 0 aliphatic carbocycles. The topological polar surface area (TPSA) is 54.8 Å². The van der Waals surface area contributed by atoms with E-state index in [0.717, 1.165) is 54.4 Å². The van der Waals surface area contributed by atoms with Gasteiger partial charge in [-0.15, -0.1) is 0 Å². The summed E-state index contributed by atoms with van der Waals surface area (Å²) in [6.45, 7) is 2.42. The van der Waals surface area contributed by atoms with Crippen molar-refractivity contribution in [2.45, 2.75) is 31.2 Å². The zero-order valence-corrected chi connectivity index (χ0v) is 19.4. The lowest BCUT2D eigenvalue weighted by Gasteiger charge is -2.43. The van der Waals surface area contributed by atoms with Crippen molar-refractivity contribution < 1.29 is 14.3 Å². The van der Waals surface area contributed by atoms with Gasteiger partial charge in [-0.05, 0) is 37.0 Å². The first kappa shape index (κ1) is 21.7. The van der Waals surface area contributed by atoms with E-state index in [-0.39, 0.29) is 17.9 Å². The zero-order valence-electron chi connectivity index (χ0n) is 19.4. The normalized spacial score (nSPS) is 20.8. The van der Waals surface area contributed by atoms with Gasteiger partial charge in [-0.25, -0.2) is 0 Å². The quantitative estimate of drug-likeness (QED) is 0.594. The number of fused-ring (bicyclic) bond motifs is 2. The van der Waals surface area contributed by atoms with Crippen molar-refractivity contribution in [3.8, 4) is 0 Å². The van der Waals surface area contributed by atoms with Crippen LogP contribution in [0.25, 0.3) is 10.9 Å². The Labute approximate surface area is 194 Å². The SMILES string of the molecule is COCCN1C(=O)c2ccccc2C(C(=O)N2CCCCC2)C1c1cn(C)c2ccccc12. The number of amides is 2. The molecule has 6 heteroatoms. The molecule has 1 fully saturated rings. The van der Waals surface area contributed by atoms with Gasteiger partial charge in [0.25, 0.3) is 5.91 Å². The fraction of sp³-hybridized carbons (Fsp3) is 0.407. The molecule has 0 bridgehead atoms. The second-order valence-corrected chi connectivity index (χ2v) is 9.10. The van der Waals surface area contributed by atoms with Crippen LogP contribution in [0, 0.1) is 0 Å². The van der Waals surface area contributed by atoms with Crippen molar-refractivity contribution in [2.24, 2.45) is 7.05 Å². The molecule has 2 unspecified atom stereocenters. The number of benzene rings is 2. The van der Waals surface area contributed by atoms with Crippen molar-refractivity contribution in [3.05, 3.63) is 71.4 Å². The summed E-state index contributed by atoms with van der Waals surface area (Å²) >= 11 is 0. The first-order valence-electron chi connectivity index (χ1n) is 11.8. The van der Waals surface area contributed by atoms with Gasteiger partial charge in [-0.1, -0.05) is 36.4 Å². The Balaban J connectivity index is 1.71. The third-order valence-electron chi connectivity index (χ3n) is 7.16. The van der Waals surface area contributed by atoms with Crippen molar-refractivity contribution in [1.29, 1.82) is 0 Å². The van der Waals surface area contributed by atoms with Crippen LogP contribution in [0.2, 0.25) is 0 Å². The van der Waals surface area contributed by atoms with Crippen molar-refractivity contribution >= 4 is 22.7 Å². The van der Waals surface area contributed by atoms with Gasteiger partial charge >= 0.3 is 0 Å². The molecule has 1 saturated heterocycles. The fourth-order valence-corrected chi connectivity index (χ4v) is 5.56. The van der Waals surface area contributed by atoms with Crippen molar-refractivity contribution in [2.75, 3.05) is 33.4 Å². The molecule has 1 aromatic heterocycles. The summed E-state index contributed by atoms with van der Waals surface area (Å²) in [4.78, 5) is 31.7. The van der Waals surface area contributed by atoms with E-state index in [1.54, 1.807) is 7.11 Å². The van der Waals surface area contributed by atoms with Gasteiger partial charge in [-0.2, -0.15) is 0 Å². The molecule has 5 rings (SSSR count). The predicted molar refractivity (Wildman–Crippen MR) is 128 cm³/mol. The van der Waals surface area contributed by atoms with Gasteiger partial charge in [0.2, 0.25) is 5.91 Å². The summed E-state index contributed by atoms with van der Waals surface area (Å²) in [6.07, 6.45) is 5.32. The molecule has 3 heterocycles. The lowest BCUT2D eigenvalue weighted by Crippen LogP contribution is -2.50. The summed E-state index contributed by atoms with van der Waals surface area (Å²) < 4.78 is 7.47. The lowest BCUT2D eigenvalue weighted by atomic mass is 9.78. The number of rotatable bonds is 5.